The van der Waals surface area contributed by atoms with E-state index in [1.165, 1.54) is 18.2 Å². The van der Waals surface area contributed by atoms with Gasteiger partial charge in [0.25, 0.3) is 0 Å². The minimum absolute atomic E-state index is 0.147. The van der Waals surface area contributed by atoms with Crippen molar-refractivity contribution in [2.24, 2.45) is 0 Å². The number of aryl methyl sites for hydroxylation is 1. The van der Waals surface area contributed by atoms with Crippen LogP contribution in [-0.4, -0.2) is 16.0 Å². The van der Waals surface area contributed by atoms with E-state index >= 15 is 0 Å². The lowest BCUT2D eigenvalue weighted by atomic mass is 10.2. The number of benzene rings is 2. The highest BCUT2D eigenvalue weighted by Gasteiger charge is 2.11. The standard InChI is InChI=1S/C17H13ClFN3O2/c18-12-4-1-3-11(9-12)17-21-16(24-22-17)8-7-15(23)20-14-6-2-5-13(19)10-14/h1-6,9-10H,7-8H2,(H,20,23). The first-order valence-corrected chi connectivity index (χ1v) is 7.62. The molecule has 0 bridgehead atoms. The van der Waals surface area contributed by atoms with E-state index in [1.54, 1.807) is 24.3 Å². The Morgan fingerprint density at radius 1 is 1.21 bits per heavy atom. The monoisotopic (exact) mass is 345 g/mol. The van der Waals surface area contributed by atoms with Crippen molar-refractivity contribution in [2.45, 2.75) is 12.8 Å². The maximum Gasteiger partial charge on any atom is 0.227 e. The second kappa shape index (κ2) is 7.23. The minimum atomic E-state index is -0.407. The Bertz CT molecular complexity index is 866. The molecule has 0 fully saturated rings. The molecule has 122 valence electrons. The van der Waals surface area contributed by atoms with Crippen LogP contribution in [0.25, 0.3) is 11.4 Å². The Balaban J connectivity index is 1.58. The molecule has 3 aromatic rings. The summed E-state index contributed by atoms with van der Waals surface area (Å²) in [6.07, 6.45) is 0.433. The second-order valence-corrected chi connectivity index (χ2v) is 5.52. The summed E-state index contributed by atoms with van der Waals surface area (Å²) in [7, 11) is 0. The van der Waals surface area contributed by atoms with Crippen molar-refractivity contribution in [1.29, 1.82) is 0 Å². The first-order valence-electron chi connectivity index (χ1n) is 7.24. The van der Waals surface area contributed by atoms with Crippen LogP contribution in [0.2, 0.25) is 5.02 Å². The Morgan fingerprint density at radius 3 is 2.83 bits per heavy atom. The molecular formula is C17H13ClFN3O2. The molecule has 0 unspecified atom stereocenters. The van der Waals surface area contributed by atoms with Gasteiger partial charge < -0.3 is 9.84 Å². The van der Waals surface area contributed by atoms with Crippen molar-refractivity contribution in [3.63, 3.8) is 0 Å². The van der Waals surface area contributed by atoms with Crippen molar-refractivity contribution in [3.05, 3.63) is 65.3 Å². The summed E-state index contributed by atoms with van der Waals surface area (Å²) in [5, 5.41) is 7.06. The summed E-state index contributed by atoms with van der Waals surface area (Å²) in [6.45, 7) is 0. The normalized spacial score (nSPS) is 10.6. The number of halogens is 2. The summed E-state index contributed by atoms with van der Waals surface area (Å²) < 4.78 is 18.2. The molecule has 0 radical (unpaired) electrons. The molecule has 0 aliphatic heterocycles. The minimum Gasteiger partial charge on any atom is -0.339 e. The van der Waals surface area contributed by atoms with Crippen LogP contribution in [0.4, 0.5) is 10.1 Å². The number of anilines is 1. The molecule has 0 saturated carbocycles. The van der Waals surface area contributed by atoms with E-state index in [0.29, 0.717) is 22.4 Å². The fourth-order valence-corrected chi connectivity index (χ4v) is 2.30. The van der Waals surface area contributed by atoms with Gasteiger partial charge >= 0.3 is 0 Å². The third-order valence-electron chi connectivity index (χ3n) is 3.23. The topological polar surface area (TPSA) is 68.0 Å². The molecule has 1 heterocycles. The number of aromatic nitrogens is 2. The SMILES string of the molecule is O=C(CCc1nc(-c2cccc(Cl)c2)no1)Nc1cccc(F)c1. The predicted molar refractivity (Wildman–Crippen MR) is 88.1 cm³/mol. The Hall–Kier alpha value is -2.73. The molecule has 5 nitrogen and oxygen atoms in total. The van der Waals surface area contributed by atoms with Gasteiger partial charge in [-0.3, -0.25) is 4.79 Å². The number of hydrogen-bond acceptors (Lipinski definition) is 4. The van der Waals surface area contributed by atoms with Crippen LogP contribution in [-0.2, 0) is 11.2 Å². The van der Waals surface area contributed by atoms with Gasteiger partial charge in [0.15, 0.2) is 0 Å². The molecule has 0 aliphatic carbocycles. The fourth-order valence-electron chi connectivity index (χ4n) is 2.11. The third kappa shape index (κ3) is 4.17. The molecule has 7 heteroatoms. The quantitative estimate of drug-likeness (QED) is 0.756. The van der Waals surface area contributed by atoms with E-state index in [-0.39, 0.29) is 18.7 Å². The largest absolute Gasteiger partial charge is 0.339 e. The molecule has 1 N–H and O–H groups in total. The average Bonchev–Trinajstić information content (AvgIpc) is 3.02. The number of amides is 1. The summed E-state index contributed by atoms with van der Waals surface area (Å²) in [5.74, 6) is 0.0939. The van der Waals surface area contributed by atoms with Crippen LogP contribution in [0.15, 0.2) is 53.1 Å². The van der Waals surface area contributed by atoms with Crippen LogP contribution in [0.3, 0.4) is 0 Å². The van der Waals surface area contributed by atoms with Gasteiger partial charge in [-0.1, -0.05) is 35.0 Å². The molecule has 0 saturated heterocycles. The molecule has 1 amide bonds. The molecule has 1 aromatic heterocycles. The lowest BCUT2D eigenvalue weighted by molar-refractivity contribution is -0.116. The number of carbonyl (C=O) groups excluding carboxylic acids is 1. The van der Waals surface area contributed by atoms with Gasteiger partial charge in [0.05, 0.1) is 0 Å². The first-order chi connectivity index (χ1) is 11.6. The maximum absolute atomic E-state index is 13.1. The van der Waals surface area contributed by atoms with Crippen molar-refractivity contribution in [2.75, 3.05) is 5.32 Å². The average molecular weight is 346 g/mol. The molecule has 0 spiro atoms. The Labute approximate surface area is 142 Å². The van der Waals surface area contributed by atoms with Gasteiger partial charge in [-0.05, 0) is 30.3 Å². The lowest BCUT2D eigenvalue weighted by Gasteiger charge is -2.03. The Kier molecular flexibility index (Phi) is 4.86. The molecule has 3 rings (SSSR count). The highest BCUT2D eigenvalue weighted by molar-refractivity contribution is 6.30. The zero-order valence-corrected chi connectivity index (χ0v) is 13.3. The summed E-state index contributed by atoms with van der Waals surface area (Å²) >= 11 is 5.93. The van der Waals surface area contributed by atoms with Gasteiger partial charge in [-0.2, -0.15) is 4.98 Å². The van der Waals surface area contributed by atoms with Crippen molar-refractivity contribution in [3.8, 4) is 11.4 Å². The fraction of sp³-hybridized carbons (Fsp3) is 0.118. The molecule has 0 atom stereocenters. The zero-order chi connectivity index (χ0) is 16.9. The number of rotatable bonds is 5. The van der Waals surface area contributed by atoms with E-state index in [0.717, 1.165) is 5.56 Å². The predicted octanol–water partition coefficient (Wildman–Crippen LogP) is 4.10. The summed E-state index contributed by atoms with van der Waals surface area (Å²) in [6, 6.07) is 12.8. The molecular weight excluding hydrogens is 333 g/mol. The number of hydrogen-bond donors (Lipinski definition) is 1. The van der Waals surface area contributed by atoms with Crippen LogP contribution >= 0.6 is 11.6 Å². The smallest absolute Gasteiger partial charge is 0.227 e. The molecule has 24 heavy (non-hydrogen) atoms. The van der Waals surface area contributed by atoms with Crippen LogP contribution in [0, 0.1) is 5.82 Å². The van der Waals surface area contributed by atoms with Crippen LogP contribution < -0.4 is 5.32 Å². The number of carbonyl (C=O) groups is 1. The van der Waals surface area contributed by atoms with Gasteiger partial charge in [-0.25, -0.2) is 4.39 Å². The second-order valence-electron chi connectivity index (χ2n) is 5.08. The van der Waals surface area contributed by atoms with Gasteiger partial charge in [0.2, 0.25) is 17.6 Å². The van der Waals surface area contributed by atoms with Gasteiger partial charge in [0, 0.05) is 29.1 Å². The molecule has 2 aromatic carbocycles. The van der Waals surface area contributed by atoms with Crippen LogP contribution in [0.5, 0.6) is 0 Å². The summed E-state index contributed by atoms with van der Waals surface area (Å²) in [5.41, 5.74) is 1.15. The number of nitrogens with zero attached hydrogens (tertiary/aromatic N) is 2. The van der Waals surface area contributed by atoms with E-state index in [1.807, 2.05) is 6.07 Å². The maximum atomic E-state index is 13.1. The zero-order valence-electron chi connectivity index (χ0n) is 12.5. The highest BCUT2D eigenvalue weighted by Crippen LogP contribution is 2.20. The van der Waals surface area contributed by atoms with Crippen LogP contribution in [0.1, 0.15) is 12.3 Å². The Morgan fingerprint density at radius 2 is 2.04 bits per heavy atom. The molecule has 0 aliphatic rings. The van der Waals surface area contributed by atoms with E-state index < -0.39 is 5.82 Å². The van der Waals surface area contributed by atoms with Gasteiger partial charge in [-0.15, -0.1) is 0 Å². The number of nitrogens with one attached hydrogen (secondary N) is 1. The van der Waals surface area contributed by atoms with Crippen molar-refractivity contribution < 1.29 is 13.7 Å². The van der Waals surface area contributed by atoms with Crippen molar-refractivity contribution >= 4 is 23.2 Å². The van der Waals surface area contributed by atoms with Crippen molar-refractivity contribution in [1.82, 2.24) is 10.1 Å². The van der Waals surface area contributed by atoms with E-state index in [2.05, 4.69) is 15.5 Å². The lowest BCUT2D eigenvalue weighted by Crippen LogP contribution is -2.12. The van der Waals surface area contributed by atoms with E-state index in [9.17, 15) is 9.18 Å². The first kappa shape index (κ1) is 16.1. The summed E-state index contributed by atoms with van der Waals surface area (Å²) in [4.78, 5) is 16.1. The van der Waals surface area contributed by atoms with Gasteiger partial charge in [0.1, 0.15) is 5.82 Å². The van der Waals surface area contributed by atoms with E-state index in [4.69, 9.17) is 16.1 Å². The third-order valence-corrected chi connectivity index (χ3v) is 3.46. The highest BCUT2D eigenvalue weighted by atomic mass is 35.5.